The first-order valence-corrected chi connectivity index (χ1v) is 12.2. The highest BCUT2D eigenvalue weighted by Gasteiger charge is 2.07. The maximum Gasteiger partial charge on any atom is 0.335 e. The van der Waals surface area contributed by atoms with E-state index in [-0.39, 0.29) is 11.9 Å². The predicted molar refractivity (Wildman–Crippen MR) is 150 cm³/mol. The topological polar surface area (TPSA) is 90.5 Å². The second-order valence-electron chi connectivity index (χ2n) is 8.77. The van der Waals surface area contributed by atoms with Gasteiger partial charge in [-0.25, -0.2) is 4.79 Å². The molecule has 0 aliphatic rings. The Labute approximate surface area is 218 Å². The average Bonchev–Trinajstić information content (AvgIpc) is 2.92. The maximum atomic E-state index is 11.9. The van der Waals surface area contributed by atoms with Gasteiger partial charge in [-0.2, -0.15) is 0 Å². The van der Waals surface area contributed by atoms with Gasteiger partial charge in [-0.3, -0.25) is 4.79 Å². The zero-order valence-corrected chi connectivity index (χ0v) is 21.1. The largest absolute Gasteiger partial charge is 0.478 e. The Bertz CT molecular complexity index is 1280. The third-order valence-electron chi connectivity index (χ3n) is 5.33. The zero-order chi connectivity index (χ0) is 26.5. The Morgan fingerprint density at radius 1 is 0.649 bits per heavy atom. The average molecular weight is 496 g/mol. The van der Waals surface area contributed by atoms with E-state index >= 15 is 0 Å². The number of anilines is 2. The minimum Gasteiger partial charge on any atom is -0.478 e. The van der Waals surface area contributed by atoms with E-state index in [1.165, 1.54) is 5.56 Å². The van der Waals surface area contributed by atoms with E-state index in [4.69, 9.17) is 5.11 Å². The summed E-state index contributed by atoms with van der Waals surface area (Å²) in [6.07, 6.45) is 0. The summed E-state index contributed by atoms with van der Waals surface area (Å²) >= 11 is 0. The molecule has 0 aliphatic heterocycles. The van der Waals surface area contributed by atoms with Crippen molar-refractivity contribution in [2.45, 2.75) is 33.0 Å². The second-order valence-corrected chi connectivity index (χ2v) is 8.77. The highest BCUT2D eigenvalue weighted by atomic mass is 16.4. The molecule has 0 heterocycles. The van der Waals surface area contributed by atoms with E-state index in [9.17, 15) is 9.59 Å². The minimum atomic E-state index is -0.909. The molecule has 0 aromatic heterocycles. The molecule has 0 fully saturated rings. The quantitative estimate of drug-likeness (QED) is 0.215. The van der Waals surface area contributed by atoms with Crippen molar-refractivity contribution >= 4 is 23.3 Å². The van der Waals surface area contributed by atoms with Crippen molar-refractivity contribution in [3.63, 3.8) is 0 Å². The molecular weight excluding hydrogens is 462 g/mol. The van der Waals surface area contributed by atoms with Crippen LogP contribution in [0, 0.1) is 0 Å². The first kappa shape index (κ1) is 27.0. The van der Waals surface area contributed by atoms with Gasteiger partial charge in [0.1, 0.15) is 0 Å². The van der Waals surface area contributed by atoms with Crippen LogP contribution in [0.3, 0.4) is 0 Å². The van der Waals surface area contributed by atoms with Crippen LogP contribution < -0.4 is 16.0 Å². The standard InChI is InChI=1S/C17H20N2O.C14H13NO2/c1-13(2)19-17(20)15-9-6-10-16(11-15)18-12-14-7-4-3-5-8-14;16-14(17)12-7-4-8-13(9-12)15-10-11-5-2-1-3-6-11/h3-11,13,18H,12H2,1-2H3,(H,19,20);1-9,15H,10H2,(H,16,17). The summed E-state index contributed by atoms with van der Waals surface area (Å²) in [5.41, 5.74) is 5.11. The third-order valence-corrected chi connectivity index (χ3v) is 5.33. The van der Waals surface area contributed by atoms with Crippen molar-refractivity contribution in [2.24, 2.45) is 0 Å². The van der Waals surface area contributed by atoms with Crippen molar-refractivity contribution in [1.29, 1.82) is 0 Å². The number of carbonyl (C=O) groups is 2. The molecule has 0 saturated heterocycles. The molecule has 4 aromatic rings. The summed E-state index contributed by atoms with van der Waals surface area (Å²) < 4.78 is 0. The van der Waals surface area contributed by atoms with Crippen molar-refractivity contribution < 1.29 is 14.7 Å². The van der Waals surface area contributed by atoms with Gasteiger partial charge in [-0.1, -0.05) is 72.8 Å². The van der Waals surface area contributed by atoms with Crippen molar-refractivity contribution in [3.05, 3.63) is 131 Å². The normalized spacial score (nSPS) is 10.1. The van der Waals surface area contributed by atoms with Crippen molar-refractivity contribution in [3.8, 4) is 0 Å². The molecule has 0 unspecified atom stereocenters. The minimum absolute atomic E-state index is 0.0386. The maximum absolute atomic E-state index is 11.9. The van der Waals surface area contributed by atoms with Crippen LogP contribution in [-0.2, 0) is 13.1 Å². The van der Waals surface area contributed by atoms with Crippen LogP contribution >= 0.6 is 0 Å². The number of nitrogens with one attached hydrogen (secondary N) is 3. The zero-order valence-electron chi connectivity index (χ0n) is 21.1. The lowest BCUT2D eigenvalue weighted by molar-refractivity contribution is 0.0696. The molecular formula is C31H33N3O3. The summed E-state index contributed by atoms with van der Waals surface area (Å²) in [7, 11) is 0. The van der Waals surface area contributed by atoms with Crippen LogP contribution in [0.2, 0.25) is 0 Å². The number of aromatic carboxylic acids is 1. The van der Waals surface area contributed by atoms with Crippen molar-refractivity contribution in [1.82, 2.24) is 5.32 Å². The Hall–Kier alpha value is -4.58. The van der Waals surface area contributed by atoms with Crippen molar-refractivity contribution in [2.75, 3.05) is 10.6 Å². The van der Waals surface area contributed by atoms with E-state index in [1.807, 2.05) is 92.7 Å². The number of amides is 1. The molecule has 0 spiro atoms. The number of hydrogen-bond acceptors (Lipinski definition) is 4. The number of benzene rings is 4. The molecule has 0 radical (unpaired) electrons. The van der Waals surface area contributed by atoms with Gasteiger partial charge in [0.2, 0.25) is 0 Å². The summed E-state index contributed by atoms with van der Waals surface area (Å²) in [5.74, 6) is -0.947. The van der Waals surface area contributed by atoms with Gasteiger partial charge in [-0.15, -0.1) is 0 Å². The van der Waals surface area contributed by atoms with Crippen LogP contribution in [0.5, 0.6) is 0 Å². The molecule has 6 nitrogen and oxygen atoms in total. The number of carbonyl (C=O) groups excluding carboxylic acids is 1. The Morgan fingerprint density at radius 3 is 1.57 bits per heavy atom. The highest BCUT2D eigenvalue weighted by Crippen LogP contribution is 2.13. The van der Waals surface area contributed by atoms with Crippen LogP contribution in [-0.4, -0.2) is 23.0 Å². The van der Waals surface area contributed by atoms with Gasteiger partial charge < -0.3 is 21.1 Å². The van der Waals surface area contributed by atoms with Crippen LogP contribution in [0.1, 0.15) is 45.7 Å². The molecule has 0 saturated carbocycles. The number of carboxylic acid groups (broad SMARTS) is 1. The van der Waals surface area contributed by atoms with Gasteiger partial charge in [-0.05, 0) is 61.4 Å². The molecule has 0 bridgehead atoms. The number of rotatable bonds is 9. The van der Waals surface area contributed by atoms with E-state index in [1.54, 1.807) is 18.2 Å². The lowest BCUT2D eigenvalue weighted by atomic mass is 10.1. The number of carboxylic acids is 1. The molecule has 4 N–H and O–H groups in total. The molecule has 4 rings (SSSR count). The Kier molecular flexibility index (Phi) is 10.3. The molecule has 190 valence electrons. The Balaban J connectivity index is 0.000000208. The highest BCUT2D eigenvalue weighted by molar-refractivity contribution is 5.95. The molecule has 0 atom stereocenters. The van der Waals surface area contributed by atoms with E-state index < -0.39 is 5.97 Å². The second kappa shape index (κ2) is 14.1. The summed E-state index contributed by atoms with van der Waals surface area (Å²) in [6, 6.07) is 34.6. The first-order valence-electron chi connectivity index (χ1n) is 12.2. The van der Waals surface area contributed by atoms with Gasteiger partial charge in [0.25, 0.3) is 5.91 Å². The van der Waals surface area contributed by atoms with Gasteiger partial charge >= 0.3 is 5.97 Å². The summed E-state index contributed by atoms with van der Waals surface area (Å²) in [4.78, 5) is 22.7. The molecule has 37 heavy (non-hydrogen) atoms. The molecule has 0 aliphatic carbocycles. The van der Waals surface area contributed by atoms with Gasteiger partial charge in [0, 0.05) is 36.1 Å². The van der Waals surface area contributed by atoms with E-state index in [0.717, 1.165) is 23.5 Å². The lowest BCUT2D eigenvalue weighted by Gasteiger charge is -2.10. The van der Waals surface area contributed by atoms with Crippen LogP contribution in [0.15, 0.2) is 109 Å². The fourth-order valence-corrected chi connectivity index (χ4v) is 3.48. The van der Waals surface area contributed by atoms with Crippen LogP contribution in [0.25, 0.3) is 0 Å². The SMILES string of the molecule is CC(C)NC(=O)c1cccc(NCc2ccccc2)c1.O=C(O)c1cccc(NCc2ccccc2)c1. The van der Waals surface area contributed by atoms with Gasteiger partial charge in [0.15, 0.2) is 0 Å². The third kappa shape index (κ3) is 9.53. The lowest BCUT2D eigenvalue weighted by Crippen LogP contribution is -2.30. The van der Waals surface area contributed by atoms with E-state index in [0.29, 0.717) is 17.7 Å². The number of hydrogen-bond donors (Lipinski definition) is 4. The fourth-order valence-electron chi connectivity index (χ4n) is 3.48. The molecule has 6 heteroatoms. The summed E-state index contributed by atoms with van der Waals surface area (Å²) in [5, 5.41) is 18.3. The summed E-state index contributed by atoms with van der Waals surface area (Å²) in [6.45, 7) is 5.34. The van der Waals surface area contributed by atoms with Gasteiger partial charge in [0.05, 0.1) is 5.56 Å². The predicted octanol–water partition coefficient (Wildman–Crippen LogP) is 6.43. The fraction of sp³-hybridized carbons (Fsp3) is 0.161. The van der Waals surface area contributed by atoms with E-state index in [2.05, 4.69) is 28.1 Å². The Morgan fingerprint density at radius 2 is 1.11 bits per heavy atom. The molecule has 1 amide bonds. The first-order chi connectivity index (χ1) is 17.9. The molecule has 4 aromatic carbocycles. The monoisotopic (exact) mass is 495 g/mol. The smallest absolute Gasteiger partial charge is 0.335 e. The van der Waals surface area contributed by atoms with Crippen LogP contribution in [0.4, 0.5) is 11.4 Å².